The molecule has 1 amide bonds. The van der Waals surface area contributed by atoms with Gasteiger partial charge in [0.2, 0.25) is 0 Å². The van der Waals surface area contributed by atoms with Crippen LogP contribution in [-0.4, -0.2) is 38.7 Å². The molecule has 3 heterocycles. The molecule has 3 rings (SSSR count). The molecule has 3 aromatic heterocycles. The van der Waals surface area contributed by atoms with Crippen LogP contribution in [0.2, 0.25) is 5.02 Å². The van der Waals surface area contributed by atoms with E-state index in [-0.39, 0.29) is 5.75 Å². The topological polar surface area (TPSA) is 94.1 Å². The largest absolute Gasteiger partial charge is 0.452 e. The number of hydrogen-bond acceptors (Lipinski definition) is 8. The number of fused-ring (bicyclic) bond motifs is 1. The van der Waals surface area contributed by atoms with Gasteiger partial charge in [-0.1, -0.05) is 23.4 Å². The molecule has 0 aliphatic rings. The van der Waals surface area contributed by atoms with Crippen molar-refractivity contribution in [1.29, 1.82) is 0 Å². The van der Waals surface area contributed by atoms with Crippen LogP contribution in [0.4, 0.5) is 5.82 Å². The summed E-state index contributed by atoms with van der Waals surface area (Å²) in [6.45, 7) is 1.50. The number of anilines is 1. The molecule has 0 aromatic carbocycles. The van der Waals surface area contributed by atoms with E-state index < -0.39 is 18.0 Å². The van der Waals surface area contributed by atoms with E-state index in [1.807, 2.05) is 11.4 Å². The second kappa shape index (κ2) is 8.43. The predicted molar refractivity (Wildman–Crippen MR) is 102 cm³/mol. The Bertz CT molecular complexity index is 933. The van der Waals surface area contributed by atoms with Gasteiger partial charge in [-0.15, -0.1) is 11.3 Å². The van der Waals surface area contributed by atoms with E-state index in [9.17, 15) is 9.59 Å². The Morgan fingerprint density at radius 3 is 2.92 bits per heavy atom. The van der Waals surface area contributed by atoms with Gasteiger partial charge in [0.15, 0.2) is 6.10 Å². The van der Waals surface area contributed by atoms with Gasteiger partial charge >= 0.3 is 5.97 Å². The SMILES string of the molecule is C[C@@H](OC(=O)CSc1ncnc2sccc12)C(=O)Nc1ccc(Cl)cn1. The summed E-state index contributed by atoms with van der Waals surface area (Å²) < 4.78 is 5.16. The number of amides is 1. The summed E-state index contributed by atoms with van der Waals surface area (Å²) in [4.78, 5) is 37.2. The number of carbonyl (C=O) groups excluding carboxylic acids is 2. The molecule has 26 heavy (non-hydrogen) atoms. The number of halogens is 1. The van der Waals surface area contributed by atoms with Crippen molar-refractivity contribution in [3.63, 3.8) is 0 Å². The number of pyridine rings is 1. The van der Waals surface area contributed by atoms with Gasteiger partial charge in [0.05, 0.1) is 10.8 Å². The van der Waals surface area contributed by atoms with Crippen molar-refractivity contribution in [1.82, 2.24) is 15.0 Å². The molecule has 3 aromatic rings. The fourth-order valence-corrected chi connectivity index (χ4v) is 3.65. The maximum atomic E-state index is 12.1. The molecule has 7 nitrogen and oxygen atoms in total. The van der Waals surface area contributed by atoms with Gasteiger partial charge in [0.1, 0.15) is 22.0 Å². The first kappa shape index (κ1) is 18.6. The van der Waals surface area contributed by atoms with Crippen molar-refractivity contribution in [2.24, 2.45) is 0 Å². The maximum absolute atomic E-state index is 12.1. The molecule has 0 bridgehead atoms. The zero-order valence-corrected chi connectivity index (χ0v) is 15.9. The van der Waals surface area contributed by atoms with Crippen molar-refractivity contribution >= 4 is 62.6 Å². The molecular formula is C16H13ClN4O3S2. The van der Waals surface area contributed by atoms with Crippen LogP contribution in [0.25, 0.3) is 10.2 Å². The van der Waals surface area contributed by atoms with Crippen LogP contribution in [0.15, 0.2) is 41.1 Å². The molecule has 0 fully saturated rings. The van der Waals surface area contributed by atoms with Crippen molar-refractivity contribution in [2.75, 3.05) is 11.1 Å². The van der Waals surface area contributed by atoms with Gasteiger partial charge in [-0.3, -0.25) is 9.59 Å². The predicted octanol–water partition coefficient (Wildman–Crippen LogP) is 3.40. The second-order valence-electron chi connectivity index (χ2n) is 5.09. The Hall–Kier alpha value is -2.23. The minimum atomic E-state index is -0.952. The standard InChI is InChI=1S/C16H13ClN4O3S2/c1-9(14(23)21-12-3-2-10(17)6-18-12)24-13(22)7-26-16-11-4-5-25-15(11)19-8-20-16/h2-6,8-9H,7H2,1H3,(H,18,21,23)/t9-/m1/s1. The highest BCUT2D eigenvalue weighted by Crippen LogP contribution is 2.27. The molecule has 1 atom stereocenters. The smallest absolute Gasteiger partial charge is 0.317 e. The summed E-state index contributed by atoms with van der Waals surface area (Å²) in [5, 5.41) is 6.54. The molecule has 0 spiro atoms. The number of rotatable bonds is 6. The number of nitrogens with zero attached hydrogens (tertiary/aromatic N) is 3. The van der Waals surface area contributed by atoms with Crippen LogP contribution < -0.4 is 5.32 Å². The van der Waals surface area contributed by atoms with Gasteiger partial charge in [-0.05, 0) is 30.5 Å². The summed E-state index contributed by atoms with van der Waals surface area (Å²) in [6, 6.07) is 5.07. The third kappa shape index (κ3) is 4.69. The van der Waals surface area contributed by atoms with E-state index in [1.165, 1.54) is 42.5 Å². The van der Waals surface area contributed by atoms with Crippen LogP contribution in [0.5, 0.6) is 0 Å². The van der Waals surface area contributed by atoms with Gasteiger partial charge < -0.3 is 10.1 Å². The zero-order valence-electron chi connectivity index (χ0n) is 13.5. The van der Waals surface area contributed by atoms with Crippen LogP contribution in [0, 0.1) is 0 Å². The molecule has 134 valence electrons. The van der Waals surface area contributed by atoms with Gasteiger partial charge in [-0.25, -0.2) is 15.0 Å². The molecular weight excluding hydrogens is 396 g/mol. The van der Waals surface area contributed by atoms with Crippen molar-refractivity contribution < 1.29 is 14.3 Å². The van der Waals surface area contributed by atoms with E-state index >= 15 is 0 Å². The lowest BCUT2D eigenvalue weighted by atomic mass is 10.3. The zero-order chi connectivity index (χ0) is 18.5. The Morgan fingerprint density at radius 1 is 1.31 bits per heavy atom. The first-order valence-corrected chi connectivity index (χ1v) is 9.70. The lowest BCUT2D eigenvalue weighted by Gasteiger charge is -2.13. The maximum Gasteiger partial charge on any atom is 0.317 e. The van der Waals surface area contributed by atoms with Crippen LogP contribution in [0.3, 0.4) is 0 Å². The first-order valence-electron chi connectivity index (χ1n) is 7.46. The number of aromatic nitrogens is 3. The monoisotopic (exact) mass is 408 g/mol. The van der Waals surface area contributed by atoms with Crippen LogP contribution >= 0.6 is 34.7 Å². The van der Waals surface area contributed by atoms with E-state index in [1.54, 1.807) is 12.1 Å². The van der Waals surface area contributed by atoms with Crippen molar-refractivity contribution in [3.8, 4) is 0 Å². The number of nitrogens with one attached hydrogen (secondary N) is 1. The molecule has 1 N–H and O–H groups in total. The quantitative estimate of drug-likeness (QED) is 0.379. The summed E-state index contributed by atoms with van der Waals surface area (Å²) in [6.07, 6.45) is 1.92. The minimum absolute atomic E-state index is 0.0405. The average Bonchev–Trinajstić information content (AvgIpc) is 3.11. The third-order valence-corrected chi connectivity index (χ3v) is 5.23. The molecule has 0 aliphatic heterocycles. The number of carbonyl (C=O) groups is 2. The minimum Gasteiger partial charge on any atom is -0.452 e. The number of thioether (sulfide) groups is 1. The van der Waals surface area contributed by atoms with E-state index in [0.29, 0.717) is 15.9 Å². The fraction of sp³-hybridized carbons (Fsp3) is 0.188. The molecule has 0 aliphatic carbocycles. The highest BCUT2D eigenvalue weighted by molar-refractivity contribution is 8.00. The second-order valence-corrected chi connectivity index (χ2v) is 7.38. The lowest BCUT2D eigenvalue weighted by molar-refractivity contribution is -0.150. The van der Waals surface area contributed by atoms with Gasteiger partial charge in [0, 0.05) is 11.6 Å². The van der Waals surface area contributed by atoms with Gasteiger partial charge in [0.25, 0.3) is 5.91 Å². The number of ether oxygens (including phenoxy) is 1. The van der Waals surface area contributed by atoms with Crippen LogP contribution in [0.1, 0.15) is 6.92 Å². The molecule has 0 unspecified atom stereocenters. The van der Waals surface area contributed by atoms with Gasteiger partial charge in [-0.2, -0.15) is 0 Å². The Kier molecular flexibility index (Phi) is 6.02. The normalized spacial score (nSPS) is 11.9. The average molecular weight is 409 g/mol. The van der Waals surface area contributed by atoms with Crippen molar-refractivity contribution in [2.45, 2.75) is 18.1 Å². The lowest BCUT2D eigenvalue weighted by Crippen LogP contribution is -2.30. The highest BCUT2D eigenvalue weighted by Gasteiger charge is 2.19. The van der Waals surface area contributed by atoms with E-state index in [4.69, 9.17) is 16.3 Å². The summed E-state index contributed by atoms with van der Waals surface area (Å²) in [5.74, 6) is -0.611. The van der Waals surface area contributed by atoms with E-state index in [0.717, 1.165) is 10.2 Å². The van der Waals surface area contributed by atoms with E-state index in [2.05, 4.69) is 20.3 Å². The molecule has 10 heteroatoms. The first-order chi connectivity index (χ1) is 12.5. The Balaban J connectivity index is 1.51. The molecule has 0 saturated carbocycles. The third-order valence-electron chi connectivity index (χ3n) is 3.21. The number of thiophene rings is 1. The fourth-order valence-electron chi connectivity index (χ4n) is 1.97. The molecule has 0 radical (unpaired) electrons. The number of hydrogen-bond donors (Lipinski definition) is 1. The van der Waals surface area contributed by atoms with Crippen LogP contribution in [-0.2, 0) is 14.3 Å². The summed E-state index contributed by atoms with van der Waals surface area (Å²) >= 11 is 8.49. The Morgan fingerprint density at radius 2 is 2.15 bits per heavy atom. The summed E-state index contributed by atoms with van der Waals surface area (Å²) in [7, 11) is 0. The molecule has 0 saturated heterocycles. The number of esters is 1. The highest BCUT2D eigenvalue weighted by atomic mass is 35.5. The van der Waals surface area contributed by atoms with Crippen molar-refractivity contribution in [3.05, 3.63) is 41.1 Å². The summed E-state index contributed by atoms with van der Waals surface area (Å²) in [5.41, 5.74) is 0. The Labute approximate surface area is 162 Å².